The van der Waals surface area contributed by atoms with Gasteiger partial charge < -0.3 is 5.73 Å². The standard InChI is InChI=1S/C14H15ClFN3/c1-14(2,3)13-18-11(7-12(17)19-13)9-6-8(16)4-5-10(9)15/h4-7H,1-3H3,(H2,17,18,19). The molecule has 0 fully saturated rings. The summed E-state index contributed by atoms with van der Waals surface area (Å²) < 4.78 is 13.3. The van der Waals surface area contributed by atoms with Gasteiger partial charge in [-0.3, -0.25) is 0 Å². The van der Waals surface area contributed by atoms with Crippen LogP contribution in [-0.4, -0.2) is 9.97 Å². The lowest BCUT2D eigenvalue weighted by molar-refractivity contribution is 0.547. The second kappa shape index (κ2) is 4.78. The molecule has 1 aromatic heterocycles. The molecule has 100 valence electrons. The average Bonchev–Trinajstić information content (AvgIpc) is 2.30. The summed E-state index contributed by atoms with van der Waals surface area (Å²) in [5.41, 5.74) is 6.59. The molecule has 0 saturated carbocycles. The Bertz CT molecular complexity index is 621. The van der Waals surface area contributed by atoms with Crippen molar-refractivity contribution in [1.82, 2.24) is 9.97 Å². The third kappa shape index (κ3) is 3.01. The van der Waals surface area contributed by atoms with Crippen molar-refractivity contribution < 1.29 is 4.39 Å². The van der Waals surface area contributed by atoms with Gasteiger partial charge in [0.05, 0.1) is 10.7 Å². The lowest BCUT2D eigenvalue weighted by Crippen LogP contribution is -2.17. The smallest absolute Gasteiger partial charge is 0.136 e. The van der Waals surface area contributed by atoms with Gasteiger partial charge >= 0.3 is 0 Å². The zero-order chi connectivity index (χ0) is 14.2. The number of rotatable bonds is 1. The van der Waals surface area contributed by atoms with Crippen LogP contribution in [0.2, 0.25) is 5.02 Å². The molecule has 0 aliphatic rings. The lowest BCUT2D eigenvalue weighted by atomic mass is 9.95. The highest BCUT2D eigenvalue weighted by atomic mass is 35.5. The Morgan fingerprint density at radius 1 is 1.16 bits per heavy atom. The van der Waals surface area contributed by atoms with Crippen molar-refractivity contribution in [3.63, 3.8) is 0 Å². The van der Waals surface area contributed by atoms with Gasteiger partial charge in [0.1, 0.15) is 17.5 Å². The van der Waals surface area contributed by atoms with E-state index in [1.165, 1.54) is 18.2 Å². The first-order chi connectivity index (χ1) is 8.77. The van der Waals surface area contributed by atoms with Gasteiger partial charge in [-0.05, 0) is 18.2 Å². The molecule has 2 rings (SSSR count). The van der Waals surface area contributed by atoms with Gasteiger partial charge in [-0.1, -0.05) is 32.4 Å². The van der Waals surface area contributed by atoms with Crippen molar-refractivity contribution in [2.75, 3.05) is 5.73 Å². The minimum atomic E-state index is -0.367. The van der Waals surface area contributed by atoms with Crippen molar-refractivity contribution in [3.05, 3.63) is 40.9 Å². The molecule has 0 amide bonds. The number of hydrogen-bond acceptors (Lipinski definition) is 3. The van der Waals surface area contributed by atoms with Gasteiger partial charge in [-0.15, -0.1) is 0 Å². The van der Waals surface area contributed by atoms with Crippen LogP contribution in [-0.2, 0) is 5.41 Å². The summed E-state index contributed by atoms with van der Waals surface area (Å²) in [4.78, 5) is 8.65. The molecule has 2 N–H and O–H groups in total. The van der Waals surface area contributed by atoms with Crippen molar-refractivity contribution in [1.29, 1.82) is 0 Å². The van der Waals surface area contributed by atoms with Crippen LogP contribution < -0.4 is 5.73 Å². The highest BCUT2D eigenvalue weighted by Gasteiger charge is 2.19. The number of halogens is 2. The molecular weight excluding hydrogens is 265 g/mol. The Labute approximate surface area is 116 Å². The van der Waals surface area contributed by atoms with E-state index in [4.69, 9.17) is 17.3 Å². The molecule has 2 aromatic rings. The number of benzene rings is 1. The largest absolute Gasteiger partial charge is 0.384 e. The van der Waals surface area contributed by atoms with Gasteiger partial charge in [0, 0.05) is 17.0 Å². The van der Waals surface area contributed by atoms with E-state index in [9.17, 15) is 4.39 Å². The molecule has 0 aliphatic carbocycles. The van der Waals surface area contributed by atoms with Crippen LogP contribution in [0.25, 0.3) is 11.3 Å². The van der Waals surface area contributed by atoms with E-state index in [0.29, 0.717) is 27.9 Å². The van der Waals surface area contributed by atoms with Gasteiger partial charge in [0.15, 0.2) is 0 Å². The maximum Gasteiger partial charge on any atom is 0.136 e. The Hall–Kier alpha value is -1.68. The Kier molecular flexibility index (Phi) is 3.45. The van der Waals surface area contributed by atoms with Crippen LogP contribution in [0.3, 0.4) is 0 Å². The fourth-order valence-electron chi connectivity index (χ4n) is 1.63. The van der Waals surface area contributed by atoms with Gasteiger partial charge in [-0.2, -0.15) is 0 Å². The van der Waals surface area contributed by atoms with Crippen LogP contribution >= 0.6 is 11.6 Å². The Morgan fingerprint density at radius 3 is 2.47 bits per heavy atom. The molecule has 1 heterocycles. The quantitative estimate of drug-likeness (QED) is 0.863. The molecule has 5 heteroatoms. The van der Waals surface area contributed by atoms with Crippen LogP contribution in [0.15, 0.2) is 24.3 Å². The number of nitrogens with zero attached hydrogens (tertiary/aromatic N) is 2. The highest BCUT2D eigenvalue weighted by molar-refractivity contribution is 6.33. The normalized spacial score (nSPS) is 11.6. The number of anilines is 1. The third-order valence-electron chi connectivity index (χ3n) is 2.62. The first-order valence-corrected chi connectivity index (χ1v) is 6.25. The highest BCUT2D eigenvalue weighted by Crippen LogP contribution is 2.30. The molecule has 0 radical (unpaired) electrons. The fourth-order valence-corrected chi connectivity index (χ4v) is 1.85. The van der Waals surface area contributed by atoms with E-state index in [-0.39, 0.29) is 11.2 Å². The van der Waals surface area contributed by atoms with Crippen LogP contribution in [0.4, 0.5) is 10.2 Å². The summed E-state index contributed by atoms with van der Waals surface area (Å²) in [6.07, 6.45) is 0. The monoisotopic (exact) mass is 279 g/mol. The zero-order valence-electron chi connectivity index (χ0n) is 11.0. The first kappa shape index (κ1) is 13.7. The minimum absolute atomic E-state index is 0.246. The maximum absolute atomic E-state index is 13.3. The van der Waals surface area contributed by atoms with Crippen molar-refractivity contribution in [2.45, 2.75) is 26.2 Å². The van der Waals surface area contributed by atoms with Gasteiger partial charge in [0.2, 0.25) is 0 Å². The summed E-state index contributed by atoms with van der Waals surface area (Å²) in [5, 5.41) is 0.430. The summed E-state index contributed by atoms with van der Waals surface area (Å²) in [6, 6.07) is 5.74. The van der Waals surface area contributed by atoms with Crippen molar-refractivity contribution >= 4 is 17.4 Å². The lowest BCUT2D eigenvalue weighted by Gasteiger charge is -2.18. The van der Waals surface area contributed by atoms with Crippen molar-refractivity contribution in [3.8, 4) is 11.3 Å². The van der Waals surface area contributed by atoms with E-state index in [1.54, 1.807) is 6.07 Å². The number of hydrogen-bond donors (Lipinski definition) is 1. The molecule has 0 bridgehead atoms. The van der Waals surface area contributed by atoms with E-state index in [2.05, 4.69) is 9.97 Å². The van der Waals surface area contributed by atoms with Crippen LogP contribution in [0.5, 0.6) is 0 Å². The molecule has 0 atom stereocenters. The topological polar surface area (TPSA) is 51.8 Å². The molecule has 0 spiro atoms. The zero-order valence-corrected chi connectivity index (χ0v) is 11.8. The summed E-state index contributed by atoms with van der Waals surface area (Å²) >= 11 is 6.08. The maximum atomic E-state index is 13.3. The number of aromatic nitrogens is 2. The number of nitrogen functional groups attached to an aromatic ring is 1. The molecule has 0 unspecified atom stereocenters. The predicted molar refractivity (Wildman–Crippen MR) is 75.5 cm³/mol. The molecule has 1 aromatic carbocycles. The summed E-state index contributed by atoms with van der Waals surface area (Å²) in [7, 11) is 0. The average molecular weight is 280 g/mol. The second-order valence-electron chi connectivity index (χ2n) is 5.38. The SMILES string of the molecule is CC(C)(C)c1nc(N)cc(-c2cc(F)ccc2Cl)n1. The van der Waals surface area contributed by atoms with Gasteiger partial charge in [0.25, 0.3) is 0 Å². The van der Waals surface area contributed by atoms with E-state index in [0.717, 1.165) is 0 Å². The first-order valence-electron chi connectivity index (χ1n) is 5.88. The van der Waals surface area contributed by atoms with Gasteiger partial charge in [-0.25, -0.2) is 14.4 Å². The Balaban J connectivity index is 2.63. The van der Waals surface area contributed by atoms with Crippen LogP contribution in [0, 0.1) is 5.82 Å². The van der Waals surface area contributed by atoms with Crippen molar-refractivity contribution in [2.24, 2.45) is 0 Å². The second-order valence-corrected chi connectivity index (χ2v) is 5.78. The molecule has 0 aliphatic heterocycles. The van der Waals surface area contributed by atoms with E-state index in [1.807, 2.05) is 20.8 Å². The summed E-state index contributed by atoms with van der Waals surface area (Å²) in [5.74, 6) is 0.576. The third-order valence-corrected chi connectivity index (χ3v) is 2.95. The molecule has 19 heavy (non-hydrogen) atoms. The molecular formula is C14H15ClFN3. The fraction of sp³-hybridized carbons (Fsp3) is 0.286. The summed E-state index contributed by atoms with van der Waals surface area (Å²) in [6.45, 7) is 5.95. The molecule has 3 nitrogen and oxygen atoms in total. The Morgan fingerprint density at radius 2 is 1.84 bits per heavy atom. The van der Waals surface area contributed by atoms with E-state index < -0.39 is 0 Å². The number of nitrogens with two attached hydrogens (primary N) is 1. The molecule has 0 saturated heterocycles. The predicted octanol–water partition coefficient (Wildman–Crippen LogP) is 3.82. The minimum Gasteiger partial charge on any atom is -0.384 e. The van der Waals surface area contributed by atoms with Crippen LogP contribution in [0.1, 0.15) is 26.6 Å². The van der Waals surface area contributed by atoms with E-state index >= 15 is 0 Å².